The average molecular weight is 409 g/mol. The Labute approximate surface area is 181 Å². The van der Waals surface area contributed by atoms with Crippen LogP contribution in [0.4, 0.5) is 0 Å². The van der Waals surface area contributed by atoms with Crippen molar-refractivity contribution in [2.75, 3.05) is 13.1 Å². The largest absolute Gasteiger partial charge is 0.348 e. The molecule has 1 N–H and O–H groups in total. The lowest BCUT2D eigenvalue weighted by molar-refractivity contribution is 0.0939. The number of amides is 1. The van der Waals surface area contributed by atoms with Gasteiger partial charge in [0.2, 0.25) is 0 Å². The first-order chi connectivity index (χ1) is 15.3. The molecule has 1 amide bonds. The number of pyridine rings is 2. The number of nitrogens with one attached hydrogen (secondary N) is 1. The number of hydrogen-bond acceptors (Lipinski definition) is 4. The predicted molar refractivity (Wildman–Crippen MR) is 123 cm³/mol. The number of rotatable bonds is 5. The van der Waals surface area contributed by atoms with E-state index in [0.717, 1.165) is 48.2 Å². The minimum atomic E-state index is -0.0460. The van der Waals surface area contributed by atoms with Gasteiger partial charge in [-0.3, -0.25) is 14.7 Å². The number of aromatic nitrogens is 2. The van der Waals surface area contributed by atoms with Gasteiger partial charge in [0.25, 0.3) is 5.91 Å². The smallest absolute Gasteiger partial charge is 0.252 e. The zero-order valence-electron chi connectivity index (χ0n) is 17.2. The highest BCUT2D eigenvalue weighted by Gasteiger charge is 2.25. The van der Waals surface area contributed by atoms with Crippen LogP contribution in [0.25, 0.3) is 22.2 Å². The molecule has 0 saturated carbocycles. The topological polar surface area (TPSA) is 58.1 Å². The third-order valence-corrected chi connectivity index (χ3v) is 5.77. The molecule has 2 aromatic heterocycles. The summed E-state index contributed by atoms with van der Waals surface area (Å²) in [5, 5.41) is 4.13. The van der Waals surface area contributed by atoms with Crippen molar-refractivity contribution in [3.05, 3.63) is 96.3 Å². The Morgan fingerprint density at radius 3 is 2.71 bits per heavy atom. The number of para-hydroxylation sites is 1. The van der Waals surface area contributed by atoms with E-state index in [1.807, 2.05) is 48.5 Å². The quantitative estimate of drug-likeness (QED) is 0.535. The molecule has 0 spiro atoms. The van der Waals surface area contributed by atoms with Crippen LogP contribution < -0.4 is 5.32 Å². The second kappa shape index (κ2) is 8.66. The Hall–Kier alpha value is -3.57. The summed E-state index contributed by atoms with van der Waals surface area (Å²) in [6.07, 6.45) is 4.47. The lowest BCUT2D eigenvalue weighted by Crippen LogP contribution is -2.37. The van der Waals surface area contributed by atoms with Gasteiger partial charge in [0.15, 0.2) is 0 Å². The van der Waals surface area contributed by atoms with E-state index in [2.05, 4.69) is 39.5 Å². The van der Waals surface area contributed by atoms with Crippen molar-refractivity contribution in [1.29, 1.82) is 0 Å². The molecule has 0 bridgehead atoms. The van der Waals surface area contributed by atoms with Crippen LogP contribution in [0.3, 0.4) is 0 Å². The van der Waals surface area contributed by atoms with Crippen LogP contribution in [0.15, 0.2) is 85.2 Å². The number of benzene rings is 2. The van der Waals surface area contributed by atoms with Gasteiger partial charge in [0.05, 0.1) is 16.8 Å². The summed E-state index contributed by atoms with van der Waals surface area (Å²) < 4.78 is 0. The van der Waals surface area contributed by atoms with Crippen molar-refractivity contribution in [3.63, 3.8) is 0 Å². The van der Waals surface area contributed by atoms with Gasteiger partial charge in [-0.2, -0.15) is 0 Å². The fraction of sp³-hybridized carbons (Fsp3) is 0.192. The first kappa shape index (κ1) is 19.4. The molecule has 3 heterocycles. The fourth-order valence-corrected chi connectivity index (χ4v) is 4.22. The molecule has 1 atom stereocenters. The molecule has 4 aromatic rings. The van der Waals surface area contributed by atoms with E-state index in [-0.39, 0.29) is 11.9 Å². The Bertz CT molecular complexity index is 1190. The molecule has 5 nitrogen and oxygen atoms in total. The Kier molecular flexibility index (Phi) is 5.42. The SMILES string of the molecule is O=C(NC1CCN(Cc2ccccc2)C1)c1cc(-c2cccnc2)nc2ccccc12. The molecule has 1 saturated heterocycles. The Morgan fingerprint density at radius 1 is 1.03 bits per heavy atom. The molecule has 1 unspecified atom stereocenters. The maximum absolute atomic E-state index is 13.3. The highest BCUT2D eigenvalue weighted by Crippen LogP contribution is 2.25. The molecule has 1 aliphatic heterocycles. The lowest BCUT2D eigenvalue weighted by atomic mass is 10.0. The summed E-state index contributed by atoms with van der Waals surface area (Å²) in [4.78, 5) is 24.6. The van der Waals surface area contributed by atoms with Gasteiger partial charge in [0.1, 0.15) is 0 Å². The van der Waals surface area contributed by atoms with Crippen LogP contribution in [0.2, 0.25) is 0 Å². The Balaban J connectivity index is 1.36. The summed E-state index contributed by atoms with van der Waals surface area (Å²) >= 11 is 0. The number of fused-ring (bicyclic) bond motifs is 1. The van der Waals surface area contributed by atoms with Gasteiger partial charge < -0.3 is 5.32 Å². The number of nitrogens with zero attached hydrogens (tertiary/aromatic N) is 3. The zero-order valence-corrected chi connectivity index (χ0v) is 17.2. The summed E-state index contributed by atoms with van der Waals surface area (Å²) in [5.41, 5.74) is 4.43. The van der Waals surface area contributed by atoms with Crippen molar-refractivity contribution >= 4 is 16.8 Å². The summed E-state index contributed by atoms with van der Waals surface area (Å²) in [6, 6.07) is 24.1. The van der Waals surface area contributed by atoms with E-state index in [0.29, 0.717) is 5.56 Å². The van der Waals surface area contributed by atoms with Gasteiger partial charge in [-0.05, 0) is 36.2 Å². The number of hydrogen-bond donors (Lipinski definition) is 1. The van der Waals surface area contributed by atoms with Gasteiger partial charge in [-0.15, -0.1) is 0 Å². The van der Waals surface area contributed by atoms with Crippen LogP contribution >= 0.6 is 0 Å². The van der Waals surface area contributed by atoms with Crippen molar-refractivity contribution in [3.8, 4) is 11.3 Å². The van der Waals surface area contributed by atoms with Crippen molar-refractivity contribution in [2.24, 2.45) is 0 Å². The zero-order chi connectivity index (χ0) is 21.0. The second-order valence-corrected chi connectivity index (χ2v) is 7.99. The molecule has 0 aliphatic carbocycles. The van der Waals surface area contributed by atoms with Crippen molar-refractivity contribution < 1.29 is 4.79 Å². The minimum Gasteiger partial charge on any atom is -0.348 e. The van der Waals surface area contributed by atoms with Gasteiger partial charge in [-0.25, -0.2) is 4.98 Å². The Morgan fingerprint density at radius 2 is 1.87 bits per heavy atom. The molecule has 1 fully saturated rings. The van der Waals surface area contributed by atoms with E-state index in [1.165, 1.54) is 5.56 Å². The highest BCUT2D eigenvalue weighted by atomic mass is 16.1. The van der Waals surface area contributed by atoms with E-state index in [9.17, 15) is 4.79 Å². The molecule has 5 rings (SSSR count). The van der Waals surface area contributed by atoms with Gasteiger partial charge in [-0.1, -0.05) is 48.5 Å². The van der Waals surface area contributed by atoms with Crippen LogP contribution in [0, 0.1) is 0 Å². The summed E-state index contributed by atoms with van der Waals surface area (Å²) in [7, 11) is 0. The lowest BCUT2D eigenvalue weighted by Gasteiger charge is -2.17. The molecule has 154 valence electrons. The molecule has 0 radical (unpaired) electrons. The monoisotopic (exact) mass is 408 g/mol. The van der Waals surface area contributed by atoms with Crippen LogP contribution in [-0.2, 0) is 6.54 Å². The van der Waals surface area contributed by atoms with Gasteiger partial charge in [0, 0.05) is 49.0 Å². The van der Waals surface area contributed by atoms with Crippen LogP contribution in [0.5, 0.6) is 0 Å². The fourth-order valence-electron chi connectivity index (χ4n) is 4.22. The van der Waals surface area contributed by atoms with E-state index >= 15 is 0 Å². The van der Waals surface area contributed by atoms with E-state index < -0.39 is 0 Å². The van der Waals surface area contributed by atoms with E-state index in [1.54, 1.807) is 12.4 Å². The van der Waals surface area contributed by atoms with Crippen LogP contribution in [-0.4, -0.2) is 39.9 Å². The number of carbonyl (C=O) groups is 1. The molecule has 1 aliphatic rings. The van der Waals surface area contributed by atoms with E-state index in [4.69, 9.17) is 4.98 Å². The van der Waals surface area contributed by atoms with Crippen molar-refractivity contribution in [2.45, 2.75) is 19.0 Å². The maximum Gasteiger partial charge on any atom is 0.252 e. The second-order valence-electron chi connectivity index (χ2n) is 7.99. The third kappa shape index (κ3) is 4.32. The maximum atomic E-state index is 13.3. The molecular weight excluding hydrogens is 384 g/mol. The third-order valence-electron chi connectivity index (χ3n) is 5.77. The minimum absolute atomic E-state index is 0.0460. The molecular formula is C26H24N4O. The van der Waals surface area contributed by atoms with Crippen LogP contribution in [0.1, 0.15) is 22.3 Å². The van der Waals surface area contributed by atoms with Crippen molar-refractivity contribution in [1.82, 2.24) is 20.2 Å². The average Bonchev–Trinajstić information content (AvgIpc) is 3.26. The first-order valence-corrected chi connectivity index (χ1v) is 10.6. The molecule has 31 heavy (non-hydrogen) atoms. The predicted octanol–water partition coefficient (Wildman–Crippen LogP) is 4.30. The van der Waals surface area contributed by atoms with Gasteiger partial charge >= 0.3 is 0 Å². The summed E-state index contributed by atoms with van der Waals surface area (Å²) in [5.74, 6) is -0.0460. The normalized spacial score (nSPS) is 16.5. The highest BCUT2D eigenvalue weighted by molar-refractivity contribution is 6.07. The summed E-state index contributed by atoms with van der Waals surface area (Å²) in [6.45, 7) is 2.76. The molecule has 2 aromatic carbocycles. The molecule has 5 heteroatoms. The first-order valence-electron chi connectivity index (χ1n) is 10.6. The number of likely N-dealkylation sites (tertiary alicyclic amines) is 1. The number of carbonyl (C=O) groups excluding carboxylic acids is 1. The standard InChI is InChI=1S/C26H24N4O/c31-26(28-21-12-14-30(18-21)17-19-7-2-1-3-8-19)23-15-25(20-9-6-13-27-16-20)29-24-11-5-4-10-22(23)24/h1-11,13,15-16,21H,12,14,17-18H2,(H,28,31).